The maximum Gasteiger partial charge on any atom is 0.315 e. The van der Waals surface area contributed by atoms with Crippen LogP contribution in [0.3, 0.4) is 0 Å². The van der Waals surface area contributed by atoms with Crippen LogP contribution in [0.4, 0.5) is 8.78 Å². The Morgan fingerprint density at radius 1 is 1.46 bits per heavy atom. The van der Waals surface area contributed by atoms with Gasteiger partial charge in [-0.25, -0.2) is 8.78 Å². The molecule has 0 rings (SSSR count). The number of hydrogen-bond acceptors (Lipinski definition) is 2. The van der Waals surface area contributed by atoms with E-state index in [-0.39, 0.29) is 0 Å². The van der Waals surface area contributed by atoms with E-state index in [1.54, 1.807) is 0 Å². The number of carbonyl (C=O) groups excluding carboxylic acids is 1. The van der Waals surface area contributed by atoms with Crippen LogP contribution in [0.25, 0.3) is 0 Å². The van der Waals surface area contributed by atoms with Gasteiger partial charge in [0, 0.05) is 7.05 Å². The highest BCUT2D eigenvalue weighted by Crippen LogP contribution is 2.03. The molecular weight excluding hydrogens is 184 g/mol. The van der Waals surface area contributed by atoms with Gasteiger partial charge in [-0.05, 0) is 6.92 Å². The van der Waals surface area contributed by atoms with Crippen molar-refractivity contribution in [1.82, 2.24) is 4.90 Å². The molecule has 0 radical (unpaired) electrons. The number of aliphatic carboxylic acids is 1. The number of carboxylic acids is 1. The Balaban J connectivity index is 4.17. The van der Waals surface area contributed by atoms with Gasteiger partial charge in [0.1, 0.15) is 5.92 Å². The molecule has 1 amide bonds. The molecule has 0 heterocycles. The van der Waals surface area contributed by atoms with Gasteiger partial charge in [0.2, 0.25) is 5.91 Å². The van der Waals surface area contributed by atoms with Gasteiger partial charge in [0.15, 0.2) is 0 Å². The first-order valence-corrected chi connectivity index (χ1v) is 3.62. The highest BCUT2D eigenvalue weighted by atomic mass is 19.3. The number of carbonyl (C=O) groups is 2. The van der Waals surface area contributed by atoms with Crippen LogP contribution < -0.4 is 0 Å². The number of amides is 1. The summed E-state index contributed by atoms with van der Waals surface area (Å²) >= 11 is 0. The van der Waals surface area contributed by atoms with E-state index < -0.39 is 30.8 Å². The largest absolute Gasteiger partial charge is 0.481 e. The van der Waals surface area contributed by atoms with E-state index >= 15 is 0 Å². The van der Waals surface area contributed by atoms with Crippen LogP contribution in [0.5, 0.6) is 0 Å². The Morgan fingerprint density at radius 2 is 1.92 bits per heavy atom. The van der Waals surface area contributed by atoms with E-state index in [1.807, 2.05) is 0 Å². The van der Waals surface area contributed by atoms with E-state index in [1.165, 1.54) is 0 Å². The van der Waals surface area contributed by atoms with Crippen molar-refractivity contribution in [2.75, 3.05) is 13.6 Å². The van der Waals surface area contributed by atoms with Crippen molar-refractivity contribution >= 4 is 11.9 Å². The molecule has 4 nitrogen and oxygen atoms in total. The fraction of sp³-hybridized carbons (Fsp3) is 0.714. The third-order valence-electron chi connectivity index (χ3n) is 1.53. The number of halogens is 2. The molecule has 13 heavy (non-hydrogen) atoms. The summed E-state index contributed by atoms with van der Waals surface area (Å²) in [7, 11) is 1.15. The minimum absolute atomic E-state index is 0.712. The maximum absolute atomic E-state index is 11.8. The smallest absolute Gasteiger partial charge is 0.315 e. The second-order valence-electron chi connectivity index (χ2n) is 2.67. The molecule has 0 saturated carbocycles. The highest BCUT2D eigenvalue weighted by molar-refractivity contribution is 5.96. The minimum atomic E-state index is -2.64. The highest BCUT2D eigenvalue weighted by Gasteiger charge is 2.25. The van der Waals surface area contributed by atoms with Crippen LogP contribution in [-0.2, 0) is 9.59 Å². The standard InChI is InChI=1S/C7H11F2NO3/c1-4(7(12)13)6(11)10(2)3-5(8)9/h4-5H,3H2,1-2H3,(H,12,13). The molecule has 0 aromatic rings. The first-order chi connectivity index (χ1) is 5.86. The molecule has 1 N–H and O–H groups in total. The SMILES string of the molecule is CC(C(=O)O)C(=O)N(C)CC(F)F. The first-order valence-electron chi connectivity index (χ1n) is 3.62. The molecule has 0 aliphatic carbocycles. The Bertz CT molecular complexity index is 208. The Kier molecular flexibility index (Phi) is 4.30. The van der Waals surface area contributed by atoms with Gasteiger partial charge in [0.05, 0.1) is 6.54 Å². The van der Waals surface area contributed by atoms with Gasteiger partial charge in [-0.15, -0.1) is 0 Å². The summed E-state index contributed by atoms with van der Waals surface area (Å²) in [6, 6.07) is 0. The lowest BCUT2D eigenvalue weighted by molar-refractivity contribution is -0.150. The summed E-state index contributed by atoms with van der Waals surface area (Å²) in [6.45, 7) is 0.420. The quantitative estimate of drug-likeness (QED) is 0.662. The van der Waals surface area contributed by atoms with E-state index in [4.69, 9.17) is 5.11 Å². The minimum Gasteiger partial charge on any atom is -0.481 e. The van der Waals surface area contributed by atoms with Crippen LogP contribution in [0, 0.1) is 5.92 Å². The number of nitrogens with zero attached hydrogens (tertiary/aromatic N) is 1. The van der Waals surface area contributed by atoms with Crippen LogP contribution in [0.2, 0.25) is 0 Å². The van der Waals surface area contributed by atoms with Crippen LogP contribution in [-0.4, -0.2) is 41.9 Å². The van der Waals surface area contributed by atoms with Crippen molar-refractivity contribution in [3.8, 4) is 0 Å². The monoisotopic (exact) mass is 195 g/mol. The van der Waals surface area contributed by atoms with Gasteiger partial charge in [0.25, 0.3) is 6.43 Å². The summed E-state index contributed by atoms with van der Waals surface area (Å²) in [6.07, 6.45) is -2.64. The third kappa shape index (κ3) is 3.82. The number of rotatable bonds is 4. The molecule has 1 unspecified atom stereocenters. The lowest BCUT2D eigenvalue weighted by Crippen LogP contribution is -2.38. The topological polar surface area (TPSA) is 57.6 Å². The van der Waals surface area contributed by atoms with Crippen molar-refractivity contribution < 1.29 is 23.5 Å². The molecule has 6 heteroatoms. The van der Waals surface area contributed by atoms with Crippen LogP contribution >= 0.6 is 0 Å². The van der Waals surface area contributed by atoms with E-state index in [9.17, 15) is 18.4 Å². The van der Waals surface area contributed by atoms with Gasteiger partial charge in [-0.1, -0.05) is 0 Å². The molecule has 0 saturated heterocycles. The summed E-state index contributed by atoms with van der Waals surface area (Å²) in [5, 5.41) is 8.40. The van der Waals surface area contributed by atoms with Gasteiger partial charge < -0.3 is 10.0 Å². The molecule has 0 aromatic carbocycles. The number of hydrogen-bond donors (Lipinski definition) is 1. The summed E-state index contributed by atoms with van der Waals surface area (Å²) in [4.78, 5) is 22.0. The van der Waals surface area contributed by atoms with Crippen LogP contribution in [0.1, 0.15) is 6.92 Å². The summed E-state index contributed by atoms with van der Waals surface area (Å²) < 4.78 is 23.5. The molecule has 0 aliphatic heterocycles. The molecule has 0 aliphatic rings. The van der Waals surface area contributed by atoms with E-state index in [2.05, 4.69) is 0 Å². The molecular formula is C7H11F2NO3. The molecule has 0 aromatic heterocycles. The van der Waals surface area contributed by atoms with Gasteiger partial charge >= 0.3 is 5.97 Å². The van der Waals surface area contributed by atoms with Crippen molar-refractivity contribution in [2.24, 2.45) is 5.92 Å². The van der Waals surface area contributed by atoms with Crippen LogP contribution in [0.15, 0.2) is 0 Å². The Labute approximate surface area is 74.1 Å². The molecule has 0 spiro atoms. The second-order valence-corrected chi connectivity index (χ2v) is 2.67. The molecule has 0 fully saturated rings. The van der Waals surface area contributed by atoms with E-state index in [0.29, 0.717) is 4.90 Å². The number of carboxylic acid groups (broad SMARTS) is 1. The second kappa shape index (κ2) is 4.74. The van der Waals surface area contributed by atoms with Crippen molar-refractivity contribution in [2.45, 2.75) is 13.3 Å². The zero-order valence-electron chi connectivity index (χ0n) is 7.33. The Hall–Kier alpha value is -1.20. The van der Waals surface area contributed by atoms with Gasteiger partial charge in [-0.3, -0.25) is 9.59 Å². The Morgan fingerprint density at radius 3 is 2.23 bits per heavy atom. The van der Waals surface area contributed by atoms with E-state index in [0.717, 1.165) is 14.0 Å². The third-order valence-corrected chi connectivity index (χ3v) is 1.53. The average molecular weight is 195 g/mol. The van der Waals surface area contributed by atoms with Crippen molar-refractivity contribution in [3.05, 3.63) is 0 Å². The maximum atomic E-state index is 11.8. The normalized spacial score (nSPS) is 12.7. The number of alkyl halides is 2. The lowest BCUT2D eigenvalue weighted by Gasteiger charge is -2.18. The summed E-state index contributed by atoms with van der Waals surface area (Å²) in [5.41, 5.74) is 0. The molecule has 0 bridgehead atoms. The zero-order chi connectivity index (χ0) is 10.6. The average Bonchev–Trinajstić information content (AvgIpc) is 2.00. The predicted molar refractivity (Wildman–Crippen MR) is 40.4 cm³/mol. The zero-order valence-corrected chi connectivity index (χ0v) is 7.33. The predicted octanol–water partition coefficient (Wildman–Crippen LogP) is 0.431. The van der Waals surface area contributed by atoms with Gasteiger partial charge in [-0.2, -0.15) is 0 Å². The fourth-order valence-corrected chi connectivity index (χ4v) is 0.733. The molecule has 76 valence electrons. The summed E-state index contributed by atoms with van der Waals surface area (Å²) in [5.74, 6) is -3.40. The van der Waals surface area contributed by atoms with Crippen molar-refractivity contribution in [1.29, 1.82) is 0 Å². The lowest BCUT2D eigenvalue weighted by atomic mass is 10.1. The van der Waals surface area contributed by atoms with Crippen molar-refractivity contribution in [3.63, 3.8) is 0 Å². The first kappa shape index (κ1) is 11.8. The molecule has 1 atom stereocenters. The fourth-order valence-electron chi connectivity index (χ4n) is 0.733.